The van der Waals surface area contributed by atoms with E-state index in [9.17, 15) is 18.0 Å². The number of halogens is 2. The SMILES string of the molecule is CCC(C)NC(=O)C(CC)N(CCc1ccccc1)C(=O)CN(c1cc(Cl)cc(Cl)c1)S(C)(=O)=O. The van der Waals surface area contributed by atoms with Crippen LogP contribution in [-0.4, -0.2) is 56.6 Å². The zero-order chi connectivity index (χ0) is 26.2. The number of carbonyl (C=O) groups is 2. The predicted molar refractivity (Wildman–Crippen MR) is 142 cm³/mol. The Hall–Kier alpha value is -2.29. The number of benzene rings is 2. The van der Waals surface area contributed by atoms with Crippen molar-refractivity contribution >= 4 is 50.7 Å². The summed E-state index contributed by atoms with van der Waals surface area (Å²) in [7, 11) is -3.85. The second-order valence-electron chi connectivity index (χ2n) is 8.46. The highest BCUT2D eigenvalue weighted by Gasteiger charge is 2.32. The van der Waals surface area contributed by atoms with Gasteiger partial charge in [-0.1, -0.05) is 67.4 Å². The molecule has 2 atom stereocenters. The Morgan fingerprint density at radius 3 is 2.11 bits per heavy atom. The van der Waals surface area contributed by atoms with Crippen LogP contribution in [0.15, 0.2) is 48.5 Å². The molecule has 0 radical (unpaired) electrons. The minimum atomic E-state index is -3.85. The van der Waals surface area contributed by atoms with Crippen LogP contribution in [0.3, 0.4) is 0 Å². The van der Waals surface area contributed by atoms with E-state index in [1.165, 1.54) is 23.1 Å². The van der Waals surface area contributed by atoms with E-state index in [1.54, 1.807) is 0 Å². The molecule has 2 rings (SSSR count). The van der Waals surface area contributed by atoms with E-state index < -0.39 is 28.5 Å². The van der Waals surface area contributed by atoms with Crippen molar-refractivity contribution in [2.75, 3.05) is 23.7 Å². The van der Waals surface area contributed by atoms with E-state index in [0.717, 1.165) is 22.5 Å². The number of amides is 2. The summed E-state index contributed by atoms with van der Waals surface area (Å²) in [6, 6.07) is 13.2. The van der Waals surface area contributed by atoms with E-state index >= 15 is 0 Å². The molecule has 2 aromatic carbocycles. The van der Waals surface area contributed by atoms with E-state index in [4.69, 9.17) is 23.2 Å². The lowest BCUT2D eigenvalue weighted by atomic mass is 10.1. The molecule has 0 heterocycles. The highest BCUT2D eigenvalue weighted by Crippen LogP contribution is 2.27. The van der Waals surface area contributed by atoms with E-state index in [-0.39, 0.29) is 34.2 Å². The Labute approximate surface area is 218 Å². The lowest BCUT2D eigenvalue weighted by Gasteiger charge is -2.33. The standard InChI is InChI=1S/C25H33Cl2N3O4S/c1-5-18(3)28-25(32)23(6-2)29(13-12-19-10-8-7-9-11-19)24(31)17-30(35(4,33)34)22-15-20(26)14-21(27)16-22/h7-11,14-16,18,23H,5-6,12-13,17H2,1-4H3,(H,28,32). The van der Waals surface area contributed by atoms with Crippen LogP contribution in [-0.2, 0) is 26.0 Å². The molecular formula is C25H33Cl2N3O4S. The summed E-state index contributed by atoms with van der Waals surface area (Å²) in [4.78, 5) is 28.1. The third-order valence-corrected chi connectivity index (χ3v) is 7.26. The summed E-state index contributed by atoms with van der Waals surface area (Å²) in [5, 5.41) is 3.43. The van der Waals surface area contributed by atoms with Gasteiger partial charge in [0.25, 0.3) is 0 Å². The maximum Gasteiger partial charge on any atom is 0.244 e. The van der Waals surface area contributed by atoms with Crippen molar-refractivity contribution in [2.24, 2.45) is 0 Å². The van der Waals surface area contributed by atoms with Gasteiger partial charge >= 0.3 is 0 Å². The summed E-state index contributed by atoms with van der Waals surface area (Å²) in [6.07, 6.45) is 2.65. The van der Waals surface area contributed by atoms with Crippen LogP contribution >= 0.6 is 23.2 Å². The molecule has 192 valence electrons. The quantitative estimate of drug-likeness (QED) is 0.427. The Kier molecular flexibility index (Phi) is 10.9. The van der Waals surface area contributed by atoms with Crippen LogP contribution in [0.2, 0.25) is 10.0 Å². The van der Waals surface area contributed by atoms with Gasteiger partial charge in [-0.25, -0.2) is 8.42 Å². The number of hydrogen-bond donors (Lipinski definition) is 1. The molecule has 0 saturated carbocycles. The maximum absolute atomic E-state index is 13.6. The summed E-state index contributed by atoms with van der Waals surface area (Å²) >= 11 is 12.2. The van der Waals surface area contributed by atoms with E-state index in [0.29, 0.717) is 12.8 Å². The molecule has 1 N–H and O–H groups in total. The number of carbonyl (C=O) groups excluding carboxylic acids is 2. The van der Waals surface area contributed by atoms with Gasteiger partial charge in [0.1, 0.15) is 12.6 Å². The largest absolute Gasteiger partial charge is 0.352 e. The van der Waals surface area contributed by atoms with Gasteiger partial charge in [-0.3, -0.25) is 13.9 Å². The number of hydrogen-bond acceptors (Lipinski definition) is 4. The van der Waals surface area contributed by atoms with Gasteiger partial charge in [0.2, 0.25) is 21.8 Å². The molecule has 0 bridgehead atoms. The van der Waals surface area contributed by atoms with Crippen molar-refractivity contribution in [3.05, 3.63) is 64.1 Å². The zero-order valence-electron chi connectivity index (χ0n) is 20.5. The molecule has 0 aliphatic rings. The molecule has 2 unspecified atom stereocenters. The second-order valence-corrected chi connectivity index (χ2v) is 11.2. The molecule has 10 heteroatoms. The monoisotopic (exact) mass is 541 g/mol. The molecule has 0 aromatic heterocycles. The minimum absolute atomic E-state index is 0.0521. The number of sulfonamides is 1. The molecule has 0 fully saturated rings. The summed E-state index contributed by atoms with van der Waals surface area (Å²) < 4.78 is 26.2. The number of anilines is 1. The molecule has 7 nitrogen and oxygen atoms in total. The van der Waals surface area contributed by atoms with Crippen molar-refractivity contribution in [3.63, 3.8) is 0 Å². The summed E-state index contributed by atoms with van der Waals surface area (Å²) in [5.41, 5.74) is 1.18. The van der Waals surface area contributed by atoms with E-state index in [2.05, 4.69) is 5.32 Å². The van der Waals surface area contributed by atoms with Gasteiger partial charge in [0.05, 0.1) is 11.9 Å². The molecule has 35 heavy (non-hydrogen) atoms. The molecular weight excluding hydrogens is 509 g/mol. The van der Waals surface area contributed by atoms with Gasteiger partial charge < -0.3 is 10.2 Å². The average Bonchev–Trinajstić information content (AvgIpc) is 2.78. The zero-order valence-corrected chi connectivity index (χ0v) is 22.8. The second kappa shape index (κ2) is 13.1. The molecule has 0 saturated heterocycles. The Bertz CT molecular complexity index is 1090. The van der Waals surface area contributed by atoms with Crippen LogP contribution in [0.4, 0.5) is 5.69 Å². The van der Waals surface area contributed by atoms with Gasteiger partial charge in [-0.05, 0) is 49.9 Å². The van der Waals surface area contributed by atoms with Crippen LogP contribution in [0.25, 0.3) is 0 Å². The molecule has 2 aromatic rings. The minimum Gasteiger partial charge on any atom is -0.352 e. The van der Waals surface area contributed by atoms with Gasteiger partial charge in [-0.15, -0.1) is 0 Å². The fourth-order valence-corrected chi connectivity index (χ4v) is 4.98. The van der Waals surface area contributed by atoms with Gasteiger partial charge in [0, 0.05) is 22.6 Å². The lowest BCUT2D eigenvalue weighted by Crippen LogP contribution is -2.54. The van der Waals surface area contributed by atoms with Crippen LogP contribution in [0.1, 0.15) is 39.2 Å². The van der Waals surface area contributed by atoms with Crippen LogP contribution in [0, 0.1) is 0 Å². The Morgan fingerprint density at radius 2 is 1.60 bits per heavy atom. The third-order valence-electron chi connectivity index (χ3n) is 5.69. The van der Waals surface area contributed by atoms with Gasteiger partial charge in [0.15, 0.2) is 0 Å². The number of nitrogens with one attached hydrogen (secondary N) is 1. The molecule has 2 amide bonds. The van der Waals surface area contributed by atoms with Crippen molar-refractivity contribution < 1.29 is 18.0 Å². The number of nitrogens with zero attached hydrogens (tertiary/aromatic N) is 2. The topological polar surface area (TPSA) is 86.8 Å². The molecule has 0 spiro atoms. The van der Waals surface area contributed by atoms with E-state index in [1.807, 2.05) is 51.1 Å². The fourth-order valence-electron chi connectivity index (χ4n) is 3.63. The summed E-state index contributed by atoms with van der Waals surface area (Å²) in [6.45, 7) is 5.45. The van der Waals surface area contributed by atoms with Crippen LogP contribution < -0.4 is 9.62 Å². The first-order chi connectivity index (χ1) is 16.5. The third kappa shape index (κ3) is 8.70. The first-order valence-corrected chi connectivity index (χ1v) is 14.1. The smallest absolute Gasteiger partial charge is 0.244 e. The number of rotatable bonds is 12. The average molecular weight is 543 g/mol. The normalized spacial score (nSPS) is 13.1. The fraction of sp³-hybridized carbons (Fsp3) is 0.440. The highest BCUT2D eigenvalue weighted by molar-refractivity contribution is 7.92. The lowest BCUT2D eigenvalue weighted by molar-refractivity contribution is -0.139. The predicted octanol–water partition coefficient (Wildman–Crippen LogP) is 4.52. The van der Waals surface area contributed by atoms with Crippen molar-refractivity contribution in [3.8, 4) is 0 Å². The molecule has 0 aliphatic carbocycles. The van der Waals surface area contributed by atoms with Crippen molar-refractivity contribution in [1.29, 1.82) is 0 Å². The van der Waals surface area contributed by atoms with Gasteiger partial charge in [-0.2, -0.15) is 0 Å². The maximum atomic E-state index is 13.6. The van der Waals surface area contributed by atoms with Crippen LogP contribution in [0.5, 0.6) is 0 Å². The highest BCUT2D eigenvalue weighted by atomic mass is 35.5. The van der Waals surface area contributed by atoms with Crippen molar-refractivity contribution in [1.82, 2.24) is 10.2 Å². The molecule has 0 aliphatic heterocycles. The Morgan fingerprint density at radius 1 is 1.00 bits per heavy atom. The first-order valence-electron chi connectivity index (χ1n) is 11.5. The summed E-state index contributed by atoms with van der Waals surface area (Å²) in [5.74, 6) is -0.756. The Balaban J connectivity index is 2.39. The first kappa shape index (κ1) is 28.9. The van der Waals surface area contributed by atoms with Crippen molar-refractivity contribution in [2.45, 2.75) is 52.1 Å².